The number of aliphatic hydroxyl groups excluding tert-OH is 1. The molecule has 0 aliphatic rings. The Bertz CT molecular complexity index is 518. The SMILES string of the molecule is COCCOc1ccccc1C(O)c1occc1C. The van der Waals surface area contributed by atoms with Crippen LogP contribution >= 0.6 is 0 Å². The maximum atomic E-state index is 10.4. The Morgan fingerprint density at radius 1 is 1.21 bits per heavy atom. The number of hydrogen-bond donors (Lipinski definition) is 1. The molecule has 4 nitrogen and oxygen atoms in total. The summed E-state index contributed by atoms with van der Waals surface area (Å²) in [5.41, 5.74) is 1.61. The summed E-state index contributed by atoms with van der Waals surface area (Å²) in [6.45, 7) is 2.85. The van der Waals surface area contributed by atoms with Crippen molar-refractivity contribution >= 4 is 0 Å². The van der Waals surface area contributed by atoms with Crippen molar-refractivity contribution in [3.8, 4) is 5.75 Å². The smallest absolute Gasteiger partial charge is 0.140 e. The minimum atomic E-state index is -0.825. The summed E-state index contributed by atoms with van der Waals surface area (Å²) in [4.78, 5) is 0. The lowest BCUT2D eigenvalue weighted by Gasteiger charge is -2.15. The fraction of sp³-hybridized carbons (Fsp3) is 0.333. The number of para-hydroxylation sites is 1. The van der Waals surface area contributed by atoms with Crippen molar-refractivity contribution in [3.05, 3.63) is 53.5 Å². The Labute approximate surface area is 112 Å². The van der Waals surface area contributed by atoms with Gasteiger partial charge in [-0.15, -0.1) is 0 Å². The summed E-state index contributed by atoms with van der Waals surface area (Å²) >= 11 is 0. The van der Waals surface area contributed by atoms with E-state index in [-0.39, 0.29) is 0 Å². The molecule has 2 rings (SSSR count). The first-order valence-electron chi connectivity index (χ1n) is 6.16. The molecule has 4 heteroatoms. The minimum absolute atomic E-state index is 0.442. The van der Waals surface area contributed by atoms with Gasteiger partial charge in [0.15, 0.2) is 0 Å². The predicted octanol–water partition coefficient (Wildman–Crippen LogP) is 2.69. The molecular formula is C15H18O4. The van der Waals surface area contributed by atoms with Crippen LogP contribution < -0.4 is 4.74 Å². The normalized spacial score (nSPS) is 12.4. The number of aliphatic hydroxyl groups is 1. The quantitative estimate of drug-likeness (QED) is 0.813. The predicted molar refractivity (Wildman–Crippen MR) is 71.3 cm³/mol. The summed E-state index contributed by atoms with van der Waals surface area (Å²) in [6, 6.07) is 9.21. The topological polar surface area (TPSA) is 51.8 Å². The largest absolute Gasteiger partial charge is 0.491 e. The molecule has 19 heavy (non-hydrogen) atoms. The Morgan fingerprint density at radius 3 is 2.68 bits per heavy atom. The van der Waals surface area contributed by atoms with E-state index in [1.807, 2.05) is 37.3 Å². The van der Waals surface area contributed by atoms with Gasteiger partial charge in [0.25, 0.3) is 0 Å². The van der Waals surface area contributed by atoms with E-state index in [1.54, 1.807) is 13.4 Å². The van der Waals surface area contributed by atoms with Gasteiger partial charge in [0.1, 0.15) is 24.2 Å². The van der Waals surface area contributed by atoms with Crippen LogP contribution in [0.15, 0.2) is 41.0 Å². The first-order valence-corrected chi connectivity index (χ1v) is 6.16. The highest BCUT2D eigenvalue weighted by Crippen LogP contribution is 2.31. The monoisotopic (exact) mass is 262 g/mol. The zero-order chi connectivity index (χ0) is 13.7. The van der Waals surface area contributed by atoms with Crippen molar-refractivity contribution < 1.29 is 19.0 Å². The Balaban J connectivity index is 2.21. The molecule has 1 heterocycles. The summed E-state index contributed by atoms with van der Waals surface area (Å²) in [6.07, 6.45) is 0.746. The number of benzene rings is 1. The van der Waals surface area contributed by atoms with Crippen LogP contribution in [-0.4, -0.2) is 25.4 Å². The van der Waals surface area contributed by atoms with Gasteiger partial charge in [0.05, 0.1) is 12.9 Å². The molecule has 1 N–H and O–H groups in total. The van der Waals surface area contributed by atoms with E-state index in [4.69, 9.17) is 13.9 Å². The van der Waals surface area contributed by atoms with E-state index in [0.29, 0.717) is 30.3 Å². The molecule has 2 aromatic rings. The standard InChI is InChI=1S/C15H18O4/c1-11-7-8-19-15(11)14(16)12-5-3-4-6-13(12)18-10-9-17-2/h3-8,14,16H,9-10H2,1-2H3. The highest BCUT2D eigenvalue weighted by atomic mass is 16.5. The first kappa shape index (κ1) is 13.6. The van der Waals surface area contributed by atoms with Gasteiger partial charge in [0.2, 0.25) is 0 Å². The molecule has 1 unspecified atom stereocenters. The van der Waals surface area contributed by atoms with Crippen LogP contribution in [0.3, 0.4) is 0 Å². The van der Waals surface area contributed by atoms with Gasteiger partial charge in [-0.2, -0.15) is 0 Å². The van der Waals surface area contributed by atoms with Gasteiger partial charge in [-0.05, 0) is 24.6 Å². The molecule has 1 atom stereocenters. The highest BCUT2D eigenvalue weighted by molar-refractivity contribution is 5.39. The summed E-state index contributed by atoms with van der Waals surface area (Å²) in [5, 5.41) is 10.4. The molecular weight excluding hydrogens is 244 g/mol. The molecule has 0 saturated heterocycles. The number of hydrogen-bond acceptors (Lipinski definition) is 4. The van der Waals surface area contributed by atoms with Crippen molar-refractivity contribution in [2.24, 2.45) is 0 Å². The first-order chi connectivity index (χ1) is 9.24. The number of ether oxygens (including phenoxy) is 2. The second kappa shape index (κ2) is 6.41. The van der Waals surface area contributed by atoms with Gasteiger partial charge in [-0.3, -0.25) is 0 Å². The van der Waals surface area contributed by atoms with Gasteiger partial charge in [-0.1, -0.05) is 18.2 Å². The van der Waals surface area contributed by atoms with Crippen molar-refractivity contribution in [1.82, 2.24) is 0 Å². The molecule has 1 aromatic carbocycles. The van der Waals surface area contributed by atoms with Crippen LogP contribution in [0, 0.1) is 6.92 Å². The average Bonchev–Trinajstić information content (AvgIpc) is 2.85. The third-order valence-electron chi connectivity index (χ3n) is 2.91. The van der Waals surface area contributed by atoms with E-state index >= 15 is 0 Å². The van der Waals surface area contributed by atoms with E-state index < -0.39 is 6.10 Å². The second-order valence-corrected chi connectivity index (χ2v) is 4.25. The maximum absolute atomic E-state index is 10.4. The summed E-state index contributed by atoms with van der Waals surface area (Å²) in [5.74, 6) is 1.19. The third-order valence-corrected chi connectivity index (χ3v) is 2.91. The van der Waals surface area contributed by atoms with Crippen LogP contribution in [0.4, 0.5) is 0 Å². The van der Waals surface area contributed by atoms with Crippen molar-refractivity contribution in [2.45, 2.75) is 13.0 Å². The molecule has 0 spiro atoms. The van der Waals surface area contributed by atoms with Crippen LogP contribution in [0.1, 0.15) is 23.0 Å². The van der Waals surface area contributed by atoms with Crippen LogP contribution in [0.5, 0.6) is 5.75 Å². The number of aryl methyl sites for hydroxylation is 1. The number of furan rings is 1. The Hall–Kier alpha value is -1.78. The molecule has 1 aromatic heterocycles. The van der Waals surface area contributed by atoms with Crippen molar-refractivity contribution in [3.63, 3.8) is 0 Å². The lowest BCUT2D eigenvalue weighted by Crippen LogP contribution is -2.08. The molecule has 102 valence electrons. The Kier molecular flexibility index (Phi) is 4.60. The van der Waals surface area contributed by atoms with E-state index in [0.717, 1.165) is 5.56 Å². The molecule has 0 bridgehead atoms. The molecule has 0 fully saturated rings. The Morgan fingerprint density at radius 2 is 2.00 bits per heavy atom. The highest BCUT2D eigenvalue weighted by Gasteiger charge is 2.19. The van der Waals surface area contributed by atoms with Crippen LogP contribution in [0.2, 0.25) is 0 Å². The molecule has 0 radical (unpaired) electrons. The van der Waals surface area contributed by atoms with Gasteiger partial charge < -0.3 is 19.0 Å². The average molecular weight is 262 g/mol. The fourth-order valence-corrected chi connectivity index (χ4v) is 1.88. The lowest BCUT2D eigenvalue weighted by atomic mass is 10.0. The zero-order valence-electron chi connectivity index (χ0n) is 11.1. The minimum Gasteiger partial charge on any atom is -0.491 e. The second-order valence-electron chi connectivity index (χ2n) is 4.25. The van der Waals surface area contributed by atoms with Gasteiger partial charge in [-0.25, -0.2) is 0 Å². The lowest BCUT2D eigenvalue weighted by molar-refractivity contribution is 0.140. The molecule has 0 aliphatic carbocycles. The van der Waals surface area contributed by atoms with Gasteiger partial charge >= 0.3 is 0 Å². The number of methoxy groups -OCH3 is 1. The summed E-state index contributed by atoms with van der Waals surface area (Å²) in [7, 11) is 1.62. The van der Waals surface area contributed by atoms with Crippen molar-refractivity contribution in [2.75, 3.05) is 20.3 Å². The summed E-state index contributed by atoms with van der Waals surface area (Å²) < 4.78 is 15.9. The van der Waals surface area contributed by atoms with Crippen LogP contribution in [-0.2, 0) is 4.74 Å². The molecule has 0 saturated carbocycles. The van der Waals surface area contributed by atoms with Gasteiger partial charge in [0, 0.05) is 12.7 Å². The van der Waals surface area contributed by atoms with Crippen LogP contribution in [0.25, 0.3) is 0 Å². The third kappa shape index (κ3) is 3.16. The molecule has 0 aliphatic heterocycles. The fourth-order valence-electron chi connectivity index (χ4n) is 1.88. The number of rotatable bonds is 6. The molecule has 0 amide bonds. The zero-order valence-corrected chi connectivity index (χ0v) is 11.1. The van der Waals surface area contributed by atoms with E-state index in [1.165, 1.54) is 0 Å². The van der Waals surface area contributed by atoms with E-state index in [2.05, 4.69) is 0 Å². The maximum Gasteiger partial charge on any atom is 0.140 e. The van der Waals surface area contributed by atoms with Crippen molar-refractivity contribution in [1.29, 1.82) is 0 Å². The van der Waals surface area contributed by atoms with E-state index in [9.17, 15) is 5.11 Å².